The molecule has 0 atom stereocenters. The third-order valence-electron chi connectivity index (χ3n) is 2.52. The van der Waals surface area contributed by atoms with Crippen LogP contribution >= 0.6 is 0 Å². The monoisotopic (exact) mass is 279 g/mol. The molecular weight excluding hydrogens is 262 g/mol. The zero-order chi connectivity index (χ0) is 15.0. The first-order valence-electron chi connectivity index (χ1n) is 6.01. The van der Waals surface area contributed by atoms with Crippen molar-refractivity contribution < 1.29 is 14.5 Å². The number of esters is 1. The van der Waals surface area contributed by atoms with Gasteiger partial charge in [-0.15, -0.1) is 0 Å². The number of hydrogen-bond donors (Lipinski definition) is 2. The molecule has 0 aliphatic heterocycles. The summed E-state index contributed by atoms with van der Waals surface area (Å²) >= 11 is 0. The van der Waals surface area contributed by atoms with Crippen LogP contribution in [0.3, 0.4) is 0 Å². The van der Waals surface area contributed by atoms with Crippen molar-refractivity contribution >= 4 is 23.4 Å². The second-order valence-electron chi connectivity index (χ2n) is 3.92. The number of hydrogen-bond acceptors (Lipinski definition) is 6. The standard InChI is InChI=1S/C13H17N3O4/c1-14-7-8-15-11-5-3-10(4-6-13(17)20-2)9-12(11)16(18)19/h3-6,9,14-15H,7-8H2,1-2H3/b6-4+. The van der Waals surface area contributed by atoms with E-state index in [0.717, 1.165) is 0 Å². The van der Waals surface area contributed by atoms with Crippen molar-refractivity contribution in [3.63, 3.8) is 0 Å². The van der Waals surface area contributed by atoms with E-state index < -0.39 is 10.9 Å². The minimum absolute atomic E-state index is 0.0341. The highest BCUT2D eigenvalue weighted by Gasteiger charge is 2.13. The van der Waals surface area contributed by atoms with Crippen LogP contribution in [0.2, 0.25) is 0 Å². The summed E-state index contributed by atoms with van der Waals surface area (Å²) in [4.78, 5) is 21.6. The quantitative estimate of drug-likeness (QED) is 0.258. The molecule has 0 saturated heterocycles. The van der Waals surface area contributed by atoms with E-state index >= 15 is 0 Å². The van der Waals surface area contributed by atoms with Crippen LogP contribution in [-0.2, 0) is 9.53 Å². The highest BCUT2D eigenvalue weighted by atomic mass is 16.6. The molecule has 7 nitrogen and oxygen atoms in total. The number of methoxy groups -OCH3 is 1. The van der Waals surface area contributed by atoms with Crippen molar-refractivity contribution in [1.82, 2.24) is 5.32 Å². The van der Waals surface area contributed by atoms with E-state index in [1.54, 1.807) is 19.2 Å². The Morgan fingerprint density at radius 2 is 2.20 bits per heavy atom. The Morgan fingerprint density at radius 3 is 2.80 bits per heavy atom. The predicted molar refractivity (Wildman–Crippen MR) is 76.6 cm³/mol. The highest BCUT2D eigenvalue weighted by Crippen LogP contribution is 2.25. The van der Waals surface area contributed by atoms with E-state index in [-0.39, 0.29) is 5.69 Å². The lowest BCUT2D eigenvalue weighted by molar-refractivity contribution is -0.384. The molecule has 0 aromatic heterocycles. The number of carbonyl (C=O) groups is 1. The molecule has 1 aromatic carbocycles. The van der Waals surface area contributed by atoms with Crippen molar-refractivity contribution in [2.24, 2.45) is 0 Å². The van der Waals surface area contributed by atoms with E-state index in [0.29, 0.717) is 24.3 Å². The van der Waals surface area contributed by atoms with Crippen LogP contribution < -0.4 is 10.6 Å². The Hall–Kier alpha value is -2.41. The van der Waals surface area contributed by atoms with Crippen molar-refractivity contribution in [1.29, 1.82) is 0 Å². The first-order valence-corrected chi connectivity index (χ1v) is 6.01. The molecule has 108 valence electrons. The fraction of sp³-hybridized carbons (Fsp3) is 0.308. The lowest BCUT2D eigenvalue weighted by Gasteiger charge is -2.07. The van der Waals surface area contributed by atoms with Crippen LogP contribution in [0.15, 0.2) is 24.3 Å². The largest absolute Gasteiger partial charge is 0.466 e. The molecule has 2 N–H and O–H groups in total. The Morgan fingerprint density at radius 1 is 1.45 bits per heavy atom. The highest BCUT2D eigenvalue weighted by molar-refractivity contribution is 5.87. The summed E-state index contributed by atoms with van der Waals surface area (Å²) < 4.78 is 4.46. The molecule has 0 aliphatic carbocycles. The SMILES string of the molecule is CNCCNc1ccc(/C=C/C(=O)OC)cc1[N+](=O)[O-]. The molecule has 1 aromatic rings. The van der Waals surface area contributed by atoms with Gasteiger partial charge in [-0.05, 0) is 24.8 Å². The normalized spacial score (nSPS) is 10.5. The second-order valence-corrected chi connectivity index (χ2v) is 3.92. The minimum atomic E-state index is -0.510. The Labute approximate surface area is 116 Å². The van der Waals surface area contributed by atoms with Gasteiger partial charge >= 0.3 is 5.97 Å². The maximum atomic E-state index is 11.0. The van der Waals surface area contributed by atoms with Gasteiger partial charge in [0.2, 0.25) is 0 Å². The summed E-state index contributed by atoms with van der Waals surface area (Å²) in [5.74, 6) is -0.510. The van der Waals surface area contributed by atoms with Gasteiger partial charge in [0.15, 0.2) is 0 Å². The molecular formula is C13H17N3O4. The molecule has 0 unspecified atom stereocenters. The molecule has 0 heterocycles. The number of carbonyl (C=O) groups excluding carboxylic acids is 1. The summed E-state index contributed by atoms with van der Waals surface area (Å²) in [6.45, 7) is 1.27. The van der Waals surface area contributed by atoms with Crippen LogP contribution in [0, 0.1) is 10.1 Å². The van der Waals surface area contributed by atoms with E-state index in [1.165, 1.54) is 25.3 Å². The Bertz CT molecular complexity index is 514. The summed E-state index contributed by atoms with van der Waals surface area (Å²) in [6, 6.07) is 4.71. The van der Waals surface area contributed by atoms with Gasteiger partial charge in [0.1, 0.15) is 5.69 Å². The van der Waals surface area contributed by atoms with Crippen molar-refractivity contribution in [3.8, 4) is 0 Å². The van der Waals surface area contributed by atoms with Crippen molar-refractivity contribution in [3.05, 3.63) is 40.0 Å². The number of likely N-dealkylation sites (N-methyl/N-ethyl adjacent to an activating group) is 1. The average Bonchev–Trinajstić information content (AvgIpc) is 2.45. The van der Waals surface area contributed by atoms with Gasteiger partial charge in [0.25, 0.3) is 5.69 Å². The molecule has 0 fully saturated rings. The molecule has 20 heavy (non-hydrogen) atoms. The van der Waals surface area contributed by atoms with E-state index in [1.807, 2.05) is 0 Å². The number of nitrogens with one attached hydrogen (secondary N) is 2. The zero-order valence-electron chi connectivity index (χ0n) is 11.4. The van der Waals surface area contributed by atoms with Gasteiger partial charge in [0, 0.05) is 25.2 Å². The maximum Gasteiger partial charge on any atom is 0.330 e. The second kappa shape index (κ2) is 7.90. The number of benzene rings is 1. The average molecular weight is 279 g/mol. The topological polar surface area (TPSA) is 93.5 Å². The molecule has 1 rings (SSSR count). The van der Waals surface area contributed by atoms with Gasteiger partial charge in [-0.25, -0.2) is 4.79 Å². The summed E-state index contributed by atoms with van der Waals surface area (Å²) in [7, 11) is 3.07. The van der Waals surface area contributed by atoms with Gasteiger partial charge in [-0.2, -0.15) is 0 Å². The van der Waals surface area contributed by atoms with Crippen LogP contribution in [0.25, 0.3) is 6.08 Å². The molecule has 0 spiro atoms. The first-order chi connectivity index (χ1) is 9.58. The number of nitrogens with zero attached hydrogens (tertiary/aromatic N) is 1. The van der Waals surface area contributed by atoms with E-state index in [4.69, 9.17) is 0 Å². The zero-order valence-corrected chi connectivity index (χ0v) is 11.4. The number of rotatable bonds is 7. The van der Waals surface area contributed by atoms with E-state index in [9.17, 15) is 14.9 Å². The van der Waals surface area contributed by atoms with Gasteiger partial charge in [0.05, 0.1) is 12.0 Å². The summed E-state index contributed by atoms with van der Waals surface area (Å²) in [6.07, 6.45) is 2.68. The molecule has 0 radical (unpaired) electrons. The first kappa shape index (κ1) is 15.6. The van der Waals surface area contributed by atoms with E-state index in [2.05, 4.69) is 15.4 Å². The van der Waals surface area contributed by atoms with Gasteiger partial charge in [-0.1, -0.05) is 6.07 Å². The Kier molecular flexibility index (Phi) is 6.18. The predicted octanol–water partition coefficient (Wildman–Crippen LogP) is 1.41. The lowest BCUT2D eigenvalue weighted by Crippen LogP contribution is -2.18. The molecule has 0 aliphatic rings. The number of anilines is 1. The molecule has 0 bridgehead atoms. The van der Waals surface area contributed by atoms with Crippen molar-refractivity contribution in [2.45, 2.75) is 0 Å². The van der Waals surface area contributed by atoms with Crippen molar-refractivity contribution in [2.75, 3.05) is 32.6 Å². The summed E-state index contributed by atoms with van der Waals surface area (Å²) in [5.41, 5.74) is 0.967. The van der Waals surface area contributed by atoms with Crippen LogP contribution in [0.4, 0.5) is 11.4 Å². The smallest absolute Gasteiger partial charge is 0.330 e. The number of nitro groups is 1. The van der Waals surface area contributed by atoms with Crippen LogP contribution in [0.1, 0.15) is 5.56 Å². The van der Waals surface area contributed by atoms with Crippen LogP contribution in [-0.4, -0.2) is 38.1 Å². The fourth-order valence-corrected chi connectivity index (χ4v) is 1.51. The molecule has 0 amide bonds. The number of ether oxygens (including phenoxy) is 1. The third-order valence-corrected chi connectivity index (χ3v) is 2.52. The third kappa shape index (κ3) is 4.69. The van der Waals surface area contributed by atoms with Crippen LogP contribution in [0.5, 0.6) is 0 Å². The maximum absolute atomic E-state index is 11.0. The fourth-order valence-electron chi connectivity index (χ4n) is 1.51. The molecule has 7 heteroatoms. The Balaban J connectivity index is 2.92. The van der Waals surface area contributed by atoms with Gasteiger partial charge < -0.3 is 15.4 Å². The lowest BCUT2D eigenvalue weighted by atomic mass is 10.1. The number of nitro benzene ring substituents is 1. The minimum Gasteiger partial charge on any atom is -0.466 e. The molecule has 0 saturated carbocycles. The van der Waals surface area contributed by atoms with Gasteiger partial charge in [-0.3, -0.25) is 10.1 Å². The summed E-state index contributed by atoms with van der Waals surface area (Å²) in [5, 5.41) is 17.0.